The quantitative estimate of drug-likeness (QED) is 0.392. The van der Waals surface area contributed by atoms with E-state index in [1.807, 2.05) is 0 Å². The second-order valence-corrected chi connectivity index (χ2v) is 3.04. The van der Waals surface area contributed by atoms with Crippen molar-refractivity contribution in [1.29, 1.82) is 0 Å². The van der Waals surface area contributed by atoms with Gasteiger partial charge in [0, 0.05) is 18.8 Å². The summed E-state index contributed by atoms with van der Waals surface area (Å²) in [7, 11) is 0. The molecule has 9 N–H and O–H groups in total. The zero-order valence-corrected chi connectivity index (χ0v) is 10.0. The van der Waals surface area contributed by atoms with Gasteiger partial charge in [0.15, 0.2) is 0 Å². The van der Waals surface area contributed by atoms with Crippen LogP contribution in [0, 0.1) is 0 Å². The van der Waals surface area contributed by atoms with Gasteiger partial charge in [0.1, 0.15) is 6.04 Å². The van der Waals surface area contributed by atoms with Crippen LogP contribution in [0.5, 0.6) is 0 Å². The number of carboxylic acid groups (broad SMARTS) is 2. The number of nitrogens with zero attached hydrogens (tertiary/aromatic N) is 1. The Balaban J connectivity index is 0. The second-order valence-electron chi connectivity index (χ2n) is 3.04. The summed E-state index contributed by atoms with van der Waals surface area (Å²) in [4.78, 5) is 35.3. The summed E-state index contributed by atoms with van der Waals surface area (Å²) in [5.74, 6) is -2.20. The van der Waals surface area contributed by atoms with E-state index in [9.17, 15) is 9.59 Å². The number of carboxylic acids is 2. The number of carbonyl (C=O) groups excluding carboxylic acids is 1. The van der Waals surface area contributed by atoms with Crippen molar-refractivity contribution in [3.63, 3.8) is 0 Å². The minimum absolute atomic E-state index is 0.0231. The van der Waals surface area contributed by atoms with E-state index in [2.05, 4.69) is 21.4 Å². The molecule has 1 atom stereocenters. The van der Waals surface area contributed by atoms with Crippen LogP contribution in [-0.4, -0.2) is 44.2 Å². The number of nitrogens with two attached hydrogens (primary N) is 3. The lowest BCUT2D eigenvalue weighted by Gasteiger charge is -2.01. The third-order valence-corrected chi connectivity index (χ3v) is 1.39. The van der Waals surface area contributed by atoms with E-state index in [0.717, 1.165) is 0 Å². The normalized spacial score (nSPS) is 9.95. The van der Waals surface area contributed by atoms with Gasteiger partial charge in [0.2, 0.25) is 0 Å². The van der Waals surface area contributed by atoms with Gasteiger partial charge >= 0.3 is 18.0 Å². The molecule has 0 radical (unpaired) electrons. The number of rotatable bonds is 4. The maximum absolute atomic E-state index is 9.99. The molecule has 1 heterocycles. The Kier molecular flexibility index (Phi) is 11.7. The average molecular weight is 275 g/mol. The van der Waals surface area contributed by atoms with E-state index in [4.69, 9.17) is 20.7 Å². The number of urea groups is 1. The van der Waals surface area contributed by atoms with Crippen molar-refractivity contribution in [2.75, 3.05) is 0 Å². The zero-order valence-electron chi connectivity index (χ0n) is 10.0. The number of imidazole rings is 1. The first-order chi connectivity index (χ1) is 8.77. The van der Waals surface area contributed by atoms with Crippen LogP contribution in [0.3, 0.4) is 0 Å². The fourth-order valence-electron chi connectivity index (χ4n) is 0.618. The highest BCUT2D eigenvalue weighted by Gasteiger charge is 2.12. The Morgan fingerprint density at radius 2 is 1.79 bits per heavy atom. The van der Waals surface area contributed by atoms with Crippen molar-refractivity contribution in [3.05, 3.63) is 18.7 Å². The molecule has 0 unspecified atom stereocenters. The molecule has 0 saturated carbocycles. The smallest absolute Gasteiger partial charge is 0.320 e. The summed E-state index contributed by atoms with van der Waals surface area (Å²) >= 11 is 0. The van der Waals surface area contributed by atoms with E-state index >= 15 is 0 Å². The molecule has 2 amide bonds. The molecule has 1 rings (SSSR count). The fraction of sp³-hybridized carbons (Fsp3) is 0.333. The lowest BCUT2D eigenvalue weighted by atomic mass is 10.2. The summed E-state index contributed by atoms with van der Waals surface area (Å²) in [6.07, 6.45) is 4.86. The molecule has 1 aromatic heterocycles. The van der Waals surface area contributed by atoms with Crippen LogP contribution >= 0.6 is 0 Å². The average Bonchev–Trinajstić information content (AvgIpc) is 2.83. The van der Waals surface area contributed by atoms with Crippen molar-refractivity contribution in [2.45, 2.75) is 18.9 Å². The van der Waals surface area contributed by atoms with E-state index in [1.165, 1.54) is 0 Å². The van der Waals surface area contributed by atoms with Gasteiger partial charge in [0.25, 0.3) is 0 Å². The van der Waals surface area contributed by atoms with Crippen LogP contribution in [0.4, 0.5) is 4.79 Å². The number of amides is 2. The topological polar surface area (TPSA) is 198 Å². The number of primary amides is 2. The summed E-state index contributed by atoms with van der Waals surface area (Å²) in [5, 5.41) is 16.3. The van der Waals surface area contributed by atoms with Gasteiger partial charge in [-0.15, -0.1) is 0 Å². The Bertz CT molecular complexity index is 346. The van der Waals surface area contributed by atoms with Crippen LogP contribution < -0.4 is 17.2 Å². The lowest BCUT2D eigenvalue weighted by molar-refractivity contribution is -0.139. The van der Waals surface area contributed by atoms with Crippen LogP contribution in [0.2, 0.25) is 0 Å². The maximum atomic E-state index is 9.99. The van der Waals surface area contributed by atoms with Gasteiger partial charge in [-0.05, 0) is 6.42 Å². The summed E-state index contributed by atoms with van der Waals surface area (Å²) < 4.78 is 0. The zero-order chi connectivity index (χ0) is 15.3. The predicted octanol–water partition coefficient (Wildman–Crippen LogP) is -1.30. The molecule has 19 heavy (non-hydrogen) atoms. The fourth-order valence-corrected chi connectivity index (χ4v) is 0.618. The van der Waals surface area contributed by atoms with E-state index in [1.54, 1.807) is 18.7 Å². The molecule has 10 heteroatoms. The van der Waals surface area contributed by atoms with Crippen LogP contribution in [-0.2, 0) is 9.59 Å². The number of H-pyrrole nitrogens is 1. The summed E-state index contributed by atoms with van der Waals surface area (Å²) in [6, 6.07) is -1.89. The number of hydrogen-bond acceptors (Lipinski definition) is 5. The number of aromatic amines is 1. The molecule has 0 bridgehead atoms. The Morgan fingerprint density at radius 1 is 1.26 bits per heavy atom. The lowest BCUT2D eigenvalue weighted by Crippen LogP contribution is -2.30. The molecule has 10 nitrogen and oxygen atoms in total. The largest absolute Gasteiger partial charge is 0.481 e. The third kappa shape index (κ3) is 21.3. The van der Waals surface area contributed by atoms with E-state index in [0.29, 0.717) is 0 Å². The van der Waals surface area contributed by atoms with Gasteiger partial charge in [0.05, 0.1) is 6.33 Å². The number of carbonyl (C=O) groups is 3. The Hall–Kier alpha value is -2.62. The van der Waals surface area contributed by atoms with Crippen molar-refractivity contribution in [1.82, 2.24) is 9.97 Å². The summed E-state index contributed by atoms with van der Waals surface area (Å²) in [6.45, 7) is 0. The molecule has 0 aliphatic heterocycles. The second kappa shape index (κ2) is 11.9. The molecular formula is C9H17N5O5. The SMILES string of the molecule is NC(N)=O.N[C@@H](CCC(=O)O)C(=O)O.c1c[nH]cn1. The minimum atomic E-state index is -1.17. The monoisotopic (exact) mass is 275 g/mol. The molecule has 0 saturated heterocycles. The molecule has 108 valence electrons. The highest BCUT2D eigenvalue weighted by molar-refractivity contribution is 5.74. The first-order valence-electron chi connectivity index (χ1n) is 4.95. The molecule has 1 aromatic rings. The molecular weight excluding hydrogens is 258 g/mol. The van der Waals surface area contributed by atoms with Crippen LogP contribution in [0.15, 0.2) is 18.7 Å². The number of hydrogen-bond donors (Lipinski definition) is 6. The first-order valence-corrected chi connectivity index (χ1v) is 4.95. The molecule has 0 aliphatic rings. The molecule has 0 aliphatic carbocycles. The Morgan fingerprint density at radius 3 is 2.00 bits per heavy atom. The third-order valence-electron chi connectivity index (χ3n) is 1.39. The summed E-state index contributed by atoms with van der Waals surface area (Å²) in [5.41, 5.74) is 13.5. The first kappa shape index (κ1) is 18.7. The molecule has 0 fully saturated rings. The number of aliphatic carboxylic acids is 2. The molecule has 0 spiro atoms. The van der Waals surface area contributed by atoms with Gasteiger partial charge in [-0.2, -0.15) is 0 Å². The molecule has 0 aromatic carbocycles. The number of aromatic nitrogens is 2. The van der Waals surface area contributed by atoms with Crippen molar-refractivity contribution in [3.8, 4) is 0 Å². The van der Waals surface area contributed by atoms with Gasteiger partial charge in [-0.25, -0.2) is 9.78 Å². The van der Waals surface area contributed by atoms with Crippen molar-refractivity contribution < 1.29 is 24.6 Å². The van der Waals surface area contributed by atoms with Crippen molar-refractivity contribution in [2.24, 2.45) is 17.2 Å². The predicted molar refractivity (Wildman–Crippen MR) is 64.8 cm³/mol. The van der Waals surface area contributed by atoms with E-state index in [-0.39, 0.29) is 12.8 Å². The number of nitrogens with one attached hydrogen (secondary N) is 1. The Labute approximate surface area is 108 Å². The van der Waals surface area contributed by atoms with Crippen molar-refractivity contribution >= 4 is 18.0 Å². The highest BCUT2D eigenvalue weighted by Crippen LogP contribution is 1.93. The highest BCUT2D eigenvalue weighted by atomic mass is 16.4. The maximum Gasteiger partial charge on any atom is 0.320 e. The van der Waals surface area contributed by atoms with E-state index < -0.39 is 24.0 Å². The minimum Gasteiger partial charge on any atom is -0.481 e. The van der Waals surface area contributed by atoms with Crippen LogP contribution in [0.1, 0.15) is 12.8 Å². The van der Waals surface area contributed by atoms with Gasteiger partial charge in [-0.3, -0.25) is 9.59 Å². The van der Waals surface area contributed by atoms with Gasteiger partial charge < -0.3 is 32.4 Å². The van der Waals surface area contributed by atoms with Gasteiger partial charge in [-0.1, -0.05) is 0 Å². The standard InChI is InChI=1S/C5H9NO4.C3H4N2.CH4N2O/c6-3(5(9)10)1-2-4(7)8;1-2-5-3-4-1;2-1(3)4/h3H,1-2,6H2,(H,7,8)(H,9,10);1-3H,(H,4,5);(H4,2,3,4)/t3-;;/m0../s1. The van der Waals surface area contributed by atoms with Crippen LogP contribution in [0.25, 0.3) is 0 Å².